The van der Waals surface area contributed by atoms with Gasteiger partial charge in [-0.05, 0) is 38.4 Å². The zero-order valence-electron chi connectivity index (χ0n) is 9.72. The molecule has 1 atom stereocenters. The highest BCUT2D eigenvalue weighted by atomic mass is 16.5. The molecule has 3 heteroatoms. The van der Waals surface area contributed by atoms with Crippen LogP contribution in [-0.2, 0) is 0 Å². The monoisotopic (exact) mass is 221 g/mol. The van der Waals surface area contributed by atoms with Crippen molar-refractivity contribution in [2.75, 3.05) is 19.7 Å². The van der Waals surface area contributed by atoms with Crippen molar-refractivity contribution in [3.8, 4) is 11.5 Å². The molecule has 1 heterocycles. The SMILES string of the molecule is CC1CCCN1CCOc1cccc(O)c1. The van der Waals surface area contributed by atoms with Crippen LogP contribution in [0.4, 0.5) is 0 Å². The van der Waals surface area contributed by atoms with E-state index in [4.69, 9.17) is 4.74 Å². The number of phenols is 1. The van der Waals surface area contributed by atoms with Crippen LogP contribution in [0.3, 0.4) is 0 Å². The molecule has 1 aliphatic heterocycles. The van der Waals surface area contributed by atoms with E-state index < -0.39 is 0 Å². The number of ether oxygens (including phenoxy) is 1. The Kier molecular flexibility index (Phi) is 3.67. The van der Waals surface area contributed by atoms with Gasteiger partial charge in [0.2, 0.25) is 0 Å². The van der Waals surface area contributed by atoms with Gasteiger partial charge >= 0.3 is 0 Å². The molecule has 1 aromatic rings. The first-order valence-electron chi connectivity index (χ1n) is 5.91. The molecule has 3 nitrogen and oxygen atoms in total. The van der Waals surface area contributed by atoms with Crippen LogP contribution in [0.25, 0.3) is 0 Å². The fourth-order valence-corrected chi connectivity index (χ4v) is 2.18. The van der Waals surface area contributed by atoms with E-state index in [-0.39, 0.29) is 5.75 Å². The minimum absolute atomic E-state index is 0.257. The number of likely N-dealkylation sites (tertiary alicyclic amines) is 1. The van der Waals surface area contributed by atoms with Gasteiger partial charge in [-0.3, -0.25) is 4.90 Å². The van der Waals surface area contributed by atoms with Crippen LogP contribution in [0, 0.1) is 0 Å². The van der Waals surface area contributed by atoms with E-state index in [9.17, 15) is 5.11 Å². The minimum Gasteiger partial charge on any atom is -0.508 e. The summed E-state index contributed by atoms with van der Waals surface area (Å²) >= 11 is 0. The van der Waals surface area contributed by atoms with Gasteiger partial charge in [-0.2, -0.15) is 0 Å². The summed E-state index contributed by atoms with van der Waals surface area (Å²) in [6.45, 7) is 5.11. The number of hydrogen-bond donors (Lipinski definition) is 1. The molecule has 0 saturated carbocycles. The highest BCUT2D eigenvalue weighted by molar-refractivity contribution is 5.31. The predicted octanol–water partition coefficient (Wildman–Crippen LogP) is 2.26. The van der Waals surface area contributed by atoms with E-state index in [1.165, 1.54) is 19.4 Å². The molecular weight excluding hydrogens is 202 g/mol. The second-order valence-corrected chi connectivity index (χ2v) is 4.37. The Morgan fingerprint density at radius 2 is 2.38 bits per heavy atom. The summed E-state index contributed by atoms with van der Waals surface area (Å²) in [5, 5.41) is 9.28. The summed E-state index contributed by atoms with van der Waals surface area (Å²) in [6.07, 6.45) is 2.60. The van der Waals surface area contributed by atoms with Crippen LogP contribution in [-0.4, -0.2) is 35.7 Å². The first kappa shape index (κ1) is 11.3. The van der Waals surface area contributed by atoms with Crippen LogP contribution in [0.15, 0.2) is 24.3 Å². The van der Waals surface area contributed by atoms with Crippen molar-refractivity contribution in [2.45, 2.75) is 25.8 Å². The lowest BCUT2D eigenvalue weighted by molar-refractivity contribution is 0.204. The number of nitrogens with zero attached hydrogens (tertiary/aromatic N) is 1. The van der Waals surface area contributed by atoms with Crippen molar-refractivity contribution in [1.82, 2.24) is 4.90 Å². The van der Waals surface area contributed by atoms with Crippen LogP contribution in [0.5, 0.6) is 11.5 Å². The molecule has 0 radical (unpaired) electrons. The predicted molar refractivity (Wildman–Crippen MR) is 63.9 cm³/mol. The number of benzene rings is 1. The molecule has 0 aromatic heterocycles. The number of hydrogen-bond acceptors (Lipinski definition) is 3. The Bertz CT molecular complexity index is 340. The quantitative estimate of drug-likeness (QED) is 0.846. The van der Waals surface area contributed by atoms with Gasteiger partial charge in [0.25, 0.3) is 0 Å². The third-order valence-corrected chi connectivity index (χ3v) is 3.16. The van der Waals surface area contributed by atoms with Crippen molar-refractivity contribution in [3.05, 3.63) is 24.3 Å². The second-order valence-electron chi connectivity index (χ2n) is 4.37. The molecular formula is C13H19NO2. The molecule has 1 aromatic carbocycles. The summed E-state index contributed by atoms with van der Waals surface area (Å²) < 4.78 is 5.60. The fourth-order valence-electron chi connectivity index (χ4n) is 2.18. The molecule has 88 valence electrons. The highest BCUT2D eigenvalue weighted by Crippen LogP contribution is 2.19. The lowest BCUT2D eigenvalue weighted by atomic mass is 10.2. The maximum absolute atomic E-state index is 9.28. The zero-order chi connectivity index (χ0) is 11.4. The maximum atomic E-state index is 9.28. The summed E-state index contributed by atoms with van der Waals surface area (Å²) in [7, 11) is 0. The van der Waals surface area contributed by atoms with Gasteiger partial charge < -0.3 is 9.84 Å². The van der Waals surface area contributed by atoms with Crippen LogP contribution >= 0.6 is 0 Å². The van der Waals surface area contributed by atoms with Crippen LogP contribution < -0.4 is 4.74 Å². The fraction of sp³-hybridized carbons (Fsp3) is 0.538. The number of rotatable bonds is 4. The Balaban J connectivity index is 1.75. The largest absolute Gasteiger partial charge is 0.508 e. The highest BCUT2D eigenvalue weighted by Gasteiger charge is 2.19. The van der Waals surface area contributed by atoms with Gasteiger partial charge in [-0.1, -0.05) is 6.07 Å². The van der Waals surface area contributed by atoms with Gasteiger partial charge in [0.05, 0.1) is 0 Å². The van der Waals surface area contributed by atoms with Gasteiger partial charge in [0.1, 0.15) is 18.1 Å². The molecule has 1 fully saturated rings. The molecule has 2 rings (SSSR count). The van der Waals surface area contributed by atoms with Gasteiger partial charge in [-0.15, -0.1) is 0 Å². The van der Waals surface area contributed by atoms with Gasteiger partial charge in [-0.25, -0.2) is 0 Å². The second kappa shape index (κ2) is 5.21. The van der Waals surface area contributed by atoms with Crippen molar-refractivity contribution in [3.63, 3.8) is 0 Å². The Labute approximate surface area is 96.6 Å². The van der Waals surface area contributed by atoms with E-state index in [1.54, 1.807) is 18.2 Å². The molecule has 0 bridgehead atoms. The normalized spacial score (nSPS) is 21.2. The molecule has 1 saturated heterocycles. The molecule has 0 spiro atoms. The van der Waals surface area contributed by atoms with E-state index >= 15 is 0 Å². The first-order valence-corrected chi connectivity index (χ1v) is 5.91. The lowest BCUT2D eigenvalue weighted by Crippen LogP contribution is -2.31. The average molecular weight is 221 g/mol. The summed E-state index contributed by atoms with van der Waals surface area (Å²) in [5.41, 5.74) is 0. The lowest BCUT2D eigenvalue weighted by Gasteiger charge is -2.20. The van der Waals surface area contributed by atoms with Gasteiger partial charge in [0.15, 0.2) is 0 Å². The summed E-state index contributed by atoms with van der Waals surface area (Å²) in [6, 6.07) is 7.65. The maximum Gasteiger partial charge on any atom is 0.123 e. The molecule has 1 N–H and O–H groups in total. The van der Waals surface area contributed by atoms with Crippen molar-refractivity contribution in [2.24, 2.45) is 0 Å². The third-order valence-electron chi connectivity index (χ3n) is 3.16. The van der Waals surface area contributed by atoms with Gasteiger partial charge in [0, 0.05) is 18.7 Å². The molecule has 0 amide bonds. The third kappa shape index (κ3) is 2.89. The van der Waals surface area contributed by atoms with E-state index in [0.717, 1.165) is 12.3 Å². The van der Waals surface area contributed by atoms with Crippen molar-refractivity contribution < 1.29 is 9.84 Å². The summed E-state index contributed by atoms with van der Waals surface area (Å²) in [5.74, 6) is 0.999. The smallest absolute Gasteiger partial charge is 0.123 e. The molecule has 1 aliphatic rings. The van der Waals surface area contributed by atoms with E-state index in [0.29, 0.717) is 12.6 Å². The average Bonchev–Trinajstić information content (AvgIpc) is 2.65. The molecule has 1 unspecified atom stereocenters. The Hall–Kier alpha value is -1.22. The van der Waals surface area contributed by atoms with Crippen LogP contribution in [0.1, 0.15) is 19.8 Å². The van der Waals surface area contributed by atoms with Crippen LogP contribution in [0.2, 0.25) is 0 Å². The number of aromatic hydroxyl groups is 1. The standard InChI is InChI=1S/C13H19NO2/c1-11-4-3-7-14(11)8-9-16-13-6-2-5-12(15)10-13/h2,5-6,10-11,15H,3-4,7-9H2,1H3. The Morgan fingerprint density at radius 1 is 1.50 bits per heavy atom. The van der Waals surface area contributed by atoms with E-state index in [2.05, 4.69) is 11.8 Å². The Morgan fingerprint density at radius 3 is 3.06 bits per heavy atom. The van der Waals surface area contributed by atoms with E-state index in [1.807, 2.05) is 6.07 Å². The number of phenolic OH excluding ortho intramolecular Hbond substituents is 1. The minimum atomic E-state index is 0.257. The zero-order valence-corrected chi connectivity index (χ0v) is 9.72. The summed E-state index contributed by atoms with van der Waals surface area (Å²) in [4.78, 5) is 2.45. The topological polar surface area (TPSA) is 32.7 Å². The molecule has 16 heavy (non-hydrogen) atoms. The first-order chi connectivity index (χ1) is 7.75. The van der Waals surface area contributed by atoms with Crippen molar-refractivity contribution in [1.29, 1.82) is 0 Å². The van der Waals surface area contributed by atoms with Crippen molar-refractivity contribution >= 4 is 0 Å². The molecule has 0 aliphatic carbocycles.